The van der Waals surface area contributed by atoms with Crippen molar-refractivity contribution < 1.29 is 19.1 Å². The van der Waals surface area contributed by atoms with Crippen LogP contribution in [0.15, 0.2) is 0 Å². The Morgan fingerprint density at radius 3 is 1.74 bits per heavy atom. The maximum absolute atomic E-state index is 13.1. The van der Waals surface area contributed by atoms with E-state index in [1.54, 1.807) is 0 Å². The molecule has 2 rings (SSSR count). The van der Waals surface area contributed by atoms with E-state index in [9.17, 15) is 9.59 Å². The van der Waals surface area contributed by atoms with Gasteiger partial charge < -0.3 is 19.3 Å². The number of rotatable bonds is 6. The molecule has 2 aliphatic heterocycles. The Morgan fingerprint density at radius 1 is 0.852 bits per heavy atom. The first-order chi connectivity index (χ1) is 12.7. The van der Waals surface area contributed by atoms with Gasteiger partial charge in [0.05, 0.1) is 24.4 Å². The molecule has 0 aromatic heterocycles. The highest BCUT2D eigenvalue weighted by atomic mass is 16.5. The molecule has 2 heterocycles. The van der Waals surface area contributed by atoms with Crippen LogP contribution in [0.25, 0.3) is 0 Å². The molecule has 156 valence electrons. The summed E-state index contributed by atoms with van der Waals surface area (Å²) >= 11 is 0. The van der Waals surface area contributed by atoms with Gasteiger partial charge in [0.2, 0.25) is 11.8 Å². The predicted octanol–water partition coefficient (Wildman–Crippen LogP) is 2.70. The molecule has 0 radical (unpaired) electrons. The zero-order chi connectivity index (χ0) is 20.1. The molecule has 0 saturated carbocycles. The van der Waals surface area contributed by atoms with Gasteiger partial charge in [-0.2, -0.15) is 0 Å². The van der Waals surface area contributed by atoms with Gasteiger partial charge in [-0.1, -0.05) is 13.8 Å². The predicted molar refractivity (Wildman–Crippen MR) is 105 cm³/mol. The Hall–Kier alpha value is -1.14. The largest absolute Gasteiger partial charge is 0.372 e. The minimum absolute atomic E-state index is 0.0651. The first kappa shape index (κ1) is 22.2. The van der Waals surface area contributed by atoms with E-state index in [0.717, 1.165) is 6.42 Å². The van der Waals surface area contributed by atoms with E-state index in [1.165, 1.54) is 0 Å². The minimum Gasteiger partial charge on any atom is -0.372 e. The number of hydrogen-bond donors (Lipinski definition) is 0. The van der Waals surface area contributed by atoms with Crippen molar-refractivity contribution in [1.29, 1.82) is 0 Å². The van der Waals surface area contributed by atoms with Crippen LogP contribution in [0, 0.1) is 11.8 Å². The number of amides is 2. The lowest BCUT2D eigenvalue weighted by molar-refractivity contribution is -0.149. The normalized spacial score (nSPS) is 30.5. The van der Waals surface area contributed by atoms with Crippen LogP contribution in [0.3, 0.4) is 0 Å². The highest BCUT2D eigenvalue weighted by Crippen LogP contribution is 2.23. The fraction of sp³-hybridized carbons (Fsp3) is 0.905. The zero-order valence-electron chi connectivity index (χ0n) is 17.9. The first-order valence-electron chi connectivity index (χ1n) is 10.5. The topological polar surface area (TPSA) is 59.1 Å². The summed E-state index contributed by atoms with van der Waals surface area (Å²) in [6, 6.07) is 0. The number of hydrogen-bond acceptors (Lipinski definition) is 4. The lowest BCUT2D eigenvalue weighted by Gasteiger charge is -2.38. The van der Waals surface area contributed by atoms with Gasteiger partial charge in [-0.3, -0.25) is 9.59 Å². The molecule has 2 fully saturated rings. The van der Waals surface area contributed by atoms with Crippen LogP contribution in [0.1, 0.15) is 60.8 Å². The molecule has 6 nitrogen and oxygen atoms in total. The van der Waals surface area contributed by atoms with Gasteiger partial charge in [0.1, 0.15) is 0 Å². The van der Waals surface area contributed by atoms with E-state index in [1.807, 2.05) is 37.5 Å². The van der Waals surface area contributed by atoms with Crippen molar-refractivity contribution in [3.05, 3.63) is 0 Å². The van der Waals surface area contributed by atoms with E-state index in [2.05, 4.69) is 13.8 Å². The molecular weight excluding hydrogens is 344 g/mol. The molecule has 2 saturated heterocycles. The molecule has 27 heavy (non-hydrogen) atoms. The van der Waals surface area contributed by atoms with Crippen LogP contribution >= 0.6 is 0 Å². The molecule has 2 aliphatic rings. The van der Waals surface area contributed by atoms with Crippen LogP contribution < -0.4 is 0 Å². The minimum atomic E-state index is -0.0951. The number of morpholine rings is 2. The van der Waals surface area contributed by atoms with E-state index >= 15 is 0 Å². The highest BCUT2D eigenvalue weighted by molar-refractivity contribution is 5.81. The fourth-order valence-electron chi connectivity index (χ4n) is 4.36. The maximum atomic E-state index is 13.1. The lowest BCUT2D eigenvalue weighted by atomic mass is 9.91. The number of carbonyl (C=O) groups is 2. The van der Waals surface area contributed by atoms with Gasteiger partial charge in [0, 0.05) is 38.5 Å². The van der Waals surface area contributed by atoms with Crippen LogP contribution in [0.2, 0.25) is 0 Å². The Kier molecular flexibility index (Phi) is 8.10. The average Bonchev–Trinajstić information content (AvgIpc) is 2.55. The van der Waals surface area contributed by atoms with Crippen molar-refractivity contribution >= 4 is 11.8 Å². The monoisotopic (exact) mass is 382 g/mol. The summed E-state index contributed by atoms with van der Waals surface area (Å²) in [5, 5.41) is 0. The third-order valence-electron chi connectivity index (χ3n) is 5.32. The summed E-state index contributed by atoms with van der Waals surface area (Å²) in [6.07, 6.45) is 2.14. The van der Waals surface area contributed by atoms with Crippen LogP contribution in [0.4, 0.5) is 0 Å². The van der Waals surface area contributed by atoms with Crippen molar-refractivity contribution in [3.8, 4) is 0 Å². The second-order valence-electron chi connectivity index (χ2n) is 8.92. The molecule has 0 aromatic carbocycles. The molecule has 0 unspecified atom stereocenters. The molecule has 0 bridgehead atoms. The second kappa shape index (κ2) is 9.87. The molecule has 2 amide bonds. The van der Waals surface area contributed by atoms with E-state index in [0.29, 0.717) is 44.9 Å². The smallest absolute Gasteiger partial charge is 0.225 e. The summed E-state index contributed by atoms with van der Waals surface area (Å²) in [4.78, 5) is 29.7. The molecule has 0 aromatic rings. The molecule has 6 heteroatoms. The maximum Gasteiger partial charge on any atom is 0.225 e. The standard InChI is InChI=1S/C21H38N2O4/c1-14(2)9-19(21(25)23-12-17(5)27-18(6)13-23)7-8-20(24)22-10-15(3)26-16(4)11-22/h14-19H,7-13H2,1-6H3/t15-,16-,17-,18+,19-/m0/s1. The Bertz CT molecular complexity index is 490. The van der Waals surface area contributed by atoms with Gasteiger partial charge in [0.15, 0.2) is 0 Å². The van der Waals surface area contributed by atoms with Crippen LogP contribution in [0.5, 0.6) is 0 Å². The quantitative estimate of drug-likeness (QED) is 0.709. The van der Waals surface area contributed by atoms with E-state index in [4.69, 9.17) is 9.47 Å². The molecular formula is C21H38N2O4. The molecule has 0 spiro atoms. The van der Waals surface area contributed by atoms with Crippen LogP contribution in [-0.4, -0.2) is 72.2 Å². The summed E-state index contributed by atoms with van der Waals surface area (Å²) in [5.41, 5.74) is 0. The summed E-state index contributed by atoms with van der Waals surface area (Å²) in [5.74, 6) is 0.653. The number of ether oxygens (including phenoxy) is 2. The Morgan fingerprint density at radius 2 is 1.30 bits per heavy atom. The SMILES string of the molecule is CC(C)C[C@H](CCC(=O)N1C[C@H](C)O[C@@H](C)C1)C(=O)N1C[C@@H](C)O[C@@H](C)C1. The number of carbonyl (C=O) groups excluding carboxylic acids is 2. The van der Waals surface area contributed by atoms with E-state index in [-0.39, 0.29) is 42.1 Å². The van der Waals surface area contributed by atoms with Gasteiger partial charge >= 0.3 is 0 Å². The van der Waals surface area contributed by atoms with Crippen molar-refractivity contribution in [2.45, 2.75) is 85.2 Å². The van der Waals surface area contributed by atoms with Crippen molar-refractivity contribution in [3.63, 3.8) is 0 Å². The molecule has 0 N–H and O–H groups in total. The van der Waals surface area contributed by atoms with Crippen molar-refractivity contribution in [2.24, 2.45) is 11.8 Å². The third-order valence-corrected chi connectivity index (χ3v) is 5.32. The first-order valence-corrected chi connectivity index (χ1v) is 10.5. The zero-order valence-corrected chi connectivity index (χ0v) is 17.9. The third kappa shape index (κ3) is 6.75. The van der Waals surface area contributed by atoms with E-state index < -0.39 is 0 Å². The summed E-state index contributed by atoms with van der Waals surface area (Å²) in [6.45, 7) is 14.9. The summed E-state index contributed by atoms with van der Waals surface area (Å²) < 4.78 is 11.5. The fourth-order valence-corrected chi connectivity index (χ4v) is 4.36. The Balaban J connectivity index is 1.95. The second-order valence-corrected chi connectivity index (χ2v) is 8.92. The van der Waals surface area contributed by atoms with Gasteiger partial charge in [0.25, 0.3) is 0 Å². The van der Waals surface area contributed by atoms with Gasteiger partial charge in [-0.25, -0.2) is 0 Å². The van der Waals surface area contributed by atoms with Crippen molar-refractivity contribution in [1.82, 2.24) is 9.80 Å². The number of nitrogens with zero attached hydrogens (tertiary/aromatic N) is 2. The van der Waals surface area contributed by atoms with Crippen molar-refractivity contribution in [2.75, 3.05) is 26.2 Å². The summed E-state index contributed by atoms with van der Waals surface area (Å²) in [7, 11) is 0. The molecule has 5 atom stereocenters. The highest BCUT2D eigenvalue weighted by Gasteiger charge is 2.32. The van der Waals surface area contributed by atoms with Gasteiger partial charge in [-0.05, 0) is 46.5 Å². The average molecular weight is 383 g/mol. The molecule has 0 aliphatic carbocycles. The van der Waals surface area contributed by atoms with Crippen LogP contribution in [-0.2, 0) is 19.1 Å². The lowest BCUT2D eigenvalue weighted by Crippen LogP contribution is -2.50. The Labute approximate surface area is 164 Å². The van der Waals surface area contributed by atoms with Gasteiger partial charge in [-0.15, -0.1) is 0 Å².